The van der Waals surface area contributed by atoms with Crippen molar-refractivity contribution in [1.82, 2.24) is 5.32 Å². The van der Waals surface area contributed by atoms with Gasteiger partial charge in [-0.15, -0.1) is 0 Å². The van der Waals surface area contributed by atoms with Crippen molar-refractivity contribution < 1.29 is 9.90 Å². The molecule has 0 aromatic carbocycles. The van der Waals surface area contributed by atoms with Crippen molar-refractivity contribution >= 4 is 5.97 Å². The van der Waals surface area contributed by atoms with Gasteiger partial charge in [-0.3, -0.25) is 0 Å². The van der Waals surface area contributed by atoms with E-state index in [0.717, 1.165) is 0 Å². The summed E-state index contributed by atoms with van der Waals surface area (Å²) in [5.41, 5.74) is 0.438. The number of carboxylic acids is 1. The van der Waals surface area contributed by atoms with Crippen molar-refractivity contribution in [3.8, 4) is 0 Å². The van der Waals surface area contributed by atoms with Gasteiger partial charge in [0.05, 0.1) is 11.6 Å². The number of hydrogen-bond acceptors (Lipinski definition) is 2. The number of hydrogen-bond donors (Lipinski definition) is 2. The highest BCUT2D eigenvalue weighted by Gasteiger charge is 2.23. The van der Waals surface area contributed by atoms with Gasteiger partial charge in [-0.05, 0) is 24.3 Å². The van der Waals surface area contributed by atoms with E-state index < -0.39 is 5.97 Å². The molecular weight excluding hydrogens is 154 g/mol. The van der Waals surface area contributed by atoms with Crippen LogP contribution >= 0.6 is 0 Å². The first kappa shape index (κ1) is 8.84. The van der Waals surface area contributed by atoms with Crippen LogP contribution in [-0.2, 0) is 4.79 Å². The van der Waals surface area contributed by atoms with Crippen LogP contribution in [-0.4, -0.2) is 17.1 Å². The molecule has 12 heavy (non-hydrogen) atoms. The molecule has 1 atom stereocenters. The van der Waals surface area contributed by atoms with Gasteiger partial charge in [0.15, 0.2) is 0 Å². The van der Waals surface area contributed by atoms with Crippen LogP contribution in [0.15, 0.2) is 23.9 Å². The van der Waals surface area contributed by atoms with E-state index in [2.05, 4.69) is 5.32 Å². The molecule has 1 unspecified atom stereocenters. The second-order valence-electron chi connectivity index (χ2n) is 3.17. The summed E-state index contributed by atoms with van der Waals surface area (Å²) in [6.07, 6.45) is 5.13. The highest BCUT2D eigenvalue weighted by molar-refractivity contribution is 5.88. The Morgan fingerprint density at radius 2 is 2.33 bits per heavy atom. The maximum atomic E-state index is 10.7. The van der Waals surface area contributed by atoms with Crippen molar-refractivity contribution in [3.05, 3.63) is 23.9 Å². The predicted octanol–water partition coefficient (Wildman–Crippen LogP) is 1.14. The van der Waals surface area contributed by atoms with Crippen molar-refractivity contribution in [2.75, 3.05) is 0 Å². The fourth-order valence-corrected chi connectivity index (χ4v) is 1.26. The summed E-state index contributed by atoms with van der Waals surface area (Å²) in [7, 11) is 0. The molecular formula is C9H13NO2. The molecule has 0 saturated carbocycles. The normalized spacial score (nSPS) is 21.9. The lowest BCUT2D eigenvalue weighted by molar-refractivity contribution is -0.133. The Kier molecular flexibility index (Phi) is 2.53. The average molecular weight is 167 g/mol. The Hall–Kier alpha value is -1.25. The van der Waals surface area contributed by atoms with Crippen molar-refractivity contribution in [2.45, 2.75) is 19.9 Å². The van der Waals surface area contributed by atoms with Gasteiger partial charge in [0.2, 0.25) is 0 Å². The van der Waals surface area contributed by atoms with E-state index in [4.69, 9.17) is 5.11 Å². The molecule has 0 spiro atoms. The SMILES string of the molecule is CC(C)C1NC=CC=C1C(=O)O. The maximum Gasteiger partial charge on any atom is 0.333 e. The van der Waals surface area contributed by atoms with Crippen LogP contribution < -0.4 is 5.32 Å². The Morgan fingerprint density at radius 1 is 1.67 bits per heavy atom. The fourth-order valence-electron chi connectivity index (χ4n) is 1.26. The highest BCUT2D eigenvalue weighted by atomic mass is 16.4. The number of carbonyl (C=O) groups is 1. The molecule has 3 heteroatoms. The van der Waals surface area contributed by atoms with E-state index in [1.54, 1.807) is 18.4 Å². The maximum absolute atomic E-state index is 10.7. The van der Waals surface area contributed by atoms with E-state index in [9.17, 15) is 4.79 Å². The predicted molar refractivity (Wildman–Crippen MR) is 46.6 cm³/mol. The zero-order valence-electron chi connectivity index (χ0n) is 7.24. The Labute approximate surface area is 71.8 Å². The Morgan fingerprint density at radius 3 is 2.75 bits per heavy atom. The van der Waals surface area contributed by atoms with Gasteiger partial charge in [-0.2, -0.15) is 0 Å². The van der Waals surface area contributed by atoms with Gasteiger partial charge < -0.3 is 10.4 Å². The molecule has 1 heterocycles. The number of dihydropyridines is 1. The summed E-state index contributed by atoms with van der Waals surface area (Å²) in [6.45, 7) is 3.99. The molecule has 66 valence electrons. The summed E-state index contributed by atoms with van der Waals surface area (Å²) in [4.78, 5) is 10.7. The van der Waals surface area contributed by atoms with Gasteiger partial charge in [0.25, 0.3) is 0 Å². The van der Waals surface area contributed by atoms with Gasteiger partial charge in [-0.1, -0.05) is 13.8 Å². The highest BCUT2D eigenvalue weighted by Crippen LogP contribution is 2.15. The van der Waals surface area contributed by atoms with Crippen LogP contribution in [0.25, 0.3) is 0 Å². The van der Waals surface area contributed by atoms with E-state index in [0.29, 0.717) is 5.57 Å². The third-order valence-corrected chi connectivity index (χ3v) is 1.90. The van der Waals surface area contributed by atoms with Crippen LogP contribution in [0.4, 0.5) is 0 Å². The smallest absolute Gasteiger partial charge is 0.333 e. The molecule has 0 aromatic rings. The fraction of sp³-hybridized carbons (Fsp3) is 0.444. The lowest BCUT2D eigenvalue weighted by Gasteiger charge is -2.23. The van der Waals surface area contributed by atoms with E-state index in [1.807, 2.05) is 13.8 Å². The monoisotopic (exact) mass is 167 g/mol. The minimum Gasteiger partial charge on any atom is -0.478 e. The van der Waals surface area contributed by atoms with Gasteiger partial charge in [0.1, 0.15) is 0 Å². The number of allylic oxidation sites excluding steroid dienone is 2. The summed E-state index contributed by atoms with van der Waals surface area (Å²) in [5, 5.41) is 11.8. The van der Waals surface area contributed by atoms with Crippen LogP contribution in [0, 0.1) is 5.92 Å². The Bertz CT molecular complexity index is 241. The third kappa shape index (κ3) is 1.67. The zero-order chi connectivity index (χ0) is 9.14. The minimum atomic E-state index is -0.842. The van der Waals surface area contributed by atoms with Gasteiger partial charge >= 0.3 is 5.97 Å². The van der Waals surface area contributed by atoms with Crippen LogP contribution in [0.3, 0.4) is 0 Å². The van der Waals surface area contributed by atoms with Gasteiger partial charge in [-0.25, -0.2) is 4.79 Å². The lowest BCUT2D eigenvalue weighted by Crippen LogP contribution is -2.36. The second-order valence-corrected chi connectivity index (χ2v) is 3.17. The summed E-state index contributed by atoms with van der Waals surface area (Å²) >= 11 is 0. The quantitative estimate of drug-likeness (QED) is 0.648. The number of rotatable bonds is 2. The third-order valence-electron chi connectivity index (χ3n) is 1.90. The summed E-state index contributed by atoms with van der Waals surface area (Å²) in [6, 6.07) is -0.0625. The zero-order valence-corrected chi connectivity index (χ0v) is 7.24. The van der Waals surface area contributed by atoms with Crippen LogP contribution in [0.1, 0.15) is 13.8 Å². The molecule has 2 N–H and O–H groups in total. The molecule has 0 bridgehead atoms. The van der Waals surface area contributed by atoms with Crippen LogP contribution in [0.5, 0.6) is 0 Å². The van der Waals surface area contributed by atoms with Crippen molar-refractivity contribution in [1.29, 1.82) is 0 Å². The first-order valence-corrected chi connectivity index (χ1v) is 3.99. The first-order valence-electron chi connectivity index (χ1n) is 3.99. The molecule has 0 amide bonds. The topological polar surface area (TPSA) is 49.3 Å². The molecule has 0 radical (unpaired) electrons. The van der Waals surface area contributed by atoms with Crippen LogP contribution in [0.2, 0.25) is 0 Å². The average Bonchev–Trinajstić information content (AvgIpc) is 2.04. The van der Waals surface area contributed by atoms with E-state index in [1.165, 1.54) is 0 Å². The van der Waals surface area contributed by atoms with Crippen molar-refractivity contribution in [2.24, 2.45) is 5.92 Å². The minimum absolute atomic E-state index is 0.0625. The summed E-state index contributed by atoms with van der Waals surface area (Å²) in [5.74, 6) is -0.553. The lowest BCUT2D eigenvalue weighted by atomic mass is 9.94. The van der Waals surface area contributed by atoms with Crippen molar-refractivity contribution in [3.63, 3.8) is 0 Å². The van der Waals surface area contributed by atoms with E-state index in [-0.39, 0.29) is 12.0 Å². The first-order chi connectivity index (χ1) is 5.63. The second kappa shape index (κ2) is 3.43. The van der Waals surface area contributed by atoms with E-state index >= 15 is 0 Å². The molecule has 3 nitrogen and oxygen atoms in total. The molecule has 0 aliphatic carbocycles. The number of aliphatic carboxylic acids is 1. The van der Waals surface area contributed by atoms with Gasteiger partial charge in [0, 0.05) is 0 Å². The molecule has 0 fully saturated rings. The molecule has 1 aliphatic heterocycles. The number of carboxylic acid groups (broad SMARTS) is 1. The summed E-state index contributed by atoms with van der Waals surface area (Å²) < 4.78 is 0. The molecule has 0 aromatic heterocycles. The molecule has 0 saturated heterocycles. The number of nitrogens with one attached hydrogen (secondary N) is 1. The Balaban J connectivity index is 2.84. The molecule has 1 aliphatic rings. The molecule has 1 rings (SSSR count). The standard InChI is InChI=1S/C9H13NO2/c1-6(2)8-7(9(11)12)4-3-5-10-8/h3-6,8,10H,1-2H3,(H,11,12). The largest absolute Gasteiger partial charge is 0.478 e.